The van der Waals surface area contributed by atoms with Crippen molar-refractivity contribution in [2.45, 2.75) is 51.5 Å². The highest BCUT2D eigenvalue weighted by Crippen LogP contribution is 2.35. The van der Waals surface area contributed by atoms with Crippen LogP contribution in [0.2, 0.25) is 0 Å². The second-order valence-electron chi connectivity index (χ2n) is 18.1. The molecule has 5 amide bonds. The molecule has 2 saturated heterocycles. The first-order valence-electron chi connectivity index (χ1n) is 23.7. The monoisotopic (exact) mass is 959 g/mol. The molecule has 17 nitrogen and oxygen atoms in total. The lowest BCUT2D eigenvalue weighted by Gasteiger charge is -2.37. The Morgan fingerprint density at radius 1 is 0.681 bits per heavy atom. The van der Waals surface area contributed by atoms with Crippen molar-refractivity contribution >= 4 is 41.1 Å². The molecule has 2 aliphatic heterocycles. The first-order valence-corrected chi connectivity index (χ1v) is 23.7. The lowest BCUT2D eigenvalue weighted by atomic mass is 9.80. The van der Waals surface area contributed by atoms with Gasteiger partial charge in [0, 0.05) is 84.7 Å². The predicted molar refractivity (Wildman–Crippen MR) is 266 cm³/mol. The third-order valence-corrected chi connectivity index (χ3v) is 13.5. The summed E-state index contributed by atoms with van der Waals surface area (Å²) in [5.41, 5.74) is 12.9. The summed E-state index contributed by atoms with van der Waals surface area (Å²) in [5.74, 6) is -0.0160. The minimum Gasteiger partial charge on any atom is -0.403 e. The normalized spacial score (nSPS) is 15.7. The number of amides is 5. The molecule has 2 fully saturated rings. The summed E-state index contributed by atoms with van der Waals surface area (Å²) in [5, 5.41) is 33.2. The van der Waals surface area contributed by atoms with Crippen molar-refractivity contribution in [1.29, 1.82) is 10.5 Å². The number of likely N-dealkylation sites (tertiary alicyclic amines) is 2. The van der Waals surface area contributed by atoms with E-state index in [1.54, 1.807) is 18.2 Å². The summed E-state index contributed by atoms with van der Waals surface area (Å²) < 4.78 is 8.15. The first-order chi connectivity index (χ1) is 35.0. The van der Waals surface area contributed by atoms with Crippen molar-refractivity contribution in [1.82, 2.24) is 35.8 Å². The Bertz CT molecular complexity index is 3190. The lowest BCUT2D eigenvalue weighted by molar-refractivity contribution is -0.703. The van der Waals surface area contributed by atoms with E-state index in [4.69, 9.17) is 9.68 Å². The lowest BCUT2D eigenvalue weighted by Crippen LogP contribution is -2.49. The number of hydrogen-bond donors (Lipinski definition) is 4. The second-order valence-corrected chi connectivity index (χ2v) is 18.1. The molecular weight excluding hydrogens is 909 g/mol. The topological polar surface area (TPSA) is 226 Å². The number of nitrogens with one attached hydrogen (secondary N) is 4. The molecule has 3 aromatic heterocycles. The van der Waals surface area contributed by atoms with Gasteiger partial charge >= 0.3 is 12.0 Å². The molecule has 360 valence electrons. The molecule has 0 bridgehead atoms. The van der Waals surface area contributed by atoms with E-state index >= 15 is 0 Å². The van der Waals surface area contributed by atoms with Gasteiger partial charge in [-0.05, 0) is 128 Å². The fourth-order valence-corrected chi connectivity index (χ4v) is 9.38. The van der Waals surface area contributed by atoms with E-state index in [0.29, 0.717) is 95.7 Å². The smallest absolute Gasteiger partial charge is 0.337 e. The molecule has 4 aromatic carbocycles. The number of hydrogen-bond acceptors (Lipinski definition) is 11. The summed E-state index contributed by atoms with van der Waals surface area (Å²) in [4.78, 5) is 60.7. The van der Waals surface area contributed by atoms with Crippen LogP contribution in [-0.2, 0) is 6.54 Å². The van der Waals surface area contributed by atoms with Crippen LogP contribution in [0.5, 0.6) is 0 Å². The molecular formula is C55H51N12O5+. The Labute approximate surface area is 416 Å². The number of urea groups is 1. The Kier molecular flexibility index (Phi) is 14.4. The quantitative estimate of drug-likeness (QED) is 0.0719. The van der Waals surface area contributed by atoms with Gasteiger partial charge in [0.25, 0.3) is 17.7 Å². The second kappa shape index (κ2) is 21.6. The van der Waals surface area contributed by atoms with Crippen LogP contribution in [0, 0.1) is 42.4 Å². The number of anilines is 3. The molecule has 17 heteroatoms. The molecule has 0 aliphatic carbocycles. The van der Waals surface area contributed by atoms with E-state index in [2.05, 4.69) is 53.4 Å². The maximum absolute atomic E-state index is 14.2. The highest BCUT2D eigenvalue weighted by molar-refractivity contribution is 5.99. The summed E-state index contributed by atoms with van der Waals surface area (Å²) in [6, 6.07) is 36.8. The average molecular weight is 960 g/mol. The third-order valence-electron chi connectivity index (χ3n) is 13.5. The van der Waals surface area contributed by atoms with Gasteiger partial charge < -0.3 is 24.9 Å². The van der Waals surface area contributed by atoms with Gasteiger partial charge in [0.2, 0.25) is 5.89 Å². The number of nitrogens with zero attached hydrogens (tertiary/aromatic N) is 8. The Hall–Kier alpha value is -9.22. The highest BCUT2D eigenvalue weighted by atomic mass is 16.4. The highest BCUT2D eigenvalue weighted by Gasteiger charge is 2.36. The molecule has 9 rings (SSSR count). The van der Waals surface area contributed by atoms with E-state index in [9.17, 15) is 24.4 Å². The fraction of sp³-hybridized carbons (Fsp3) is 0.236. The molecule has 4 N–H and O–H groups in total. The van der Waals surface area contributed by atoms with Crippen LogP contribution >= 0.6 is 0 Å². The van der Waals surface area contributed by atoms with Crippen LogP contribution in [0.1, 0.15) is 95.6 Å². The zero-order valence-corrected chi connectivity index (χ0v) is 39.7. The number of aryl methyl sites for hydroxylation is 2. The van der Waals surface area contributed by atoms with Crippen molar-refractivity contribution in [3.8, 4) is 23.6 Å². The molecule has 0 saturated carbocycles. The van der Waals surface area contributed by atoms with Crippen molar-refractivity contribution in [2.24, 2.45) is 5.92 Å². The molecule has 5 heterocycles. The number of carbonyl (C=O) groups is 4. The van der Waals surface area contributed by atoms with E-state index in [1.165, 1.54) is 30.1 Å². The molecule has 72 heavy (non-hydrogen) atoms. The minimum atomic E-state index is -0.677. The van der Waals surface area contributed by atoms with Crippen LogP contribution in [0.4, 0.5) is 22.2 Å². The number of rotatable bonds is 11. The molecule has 2 atom stereocenters. The van der Waals surface area contributed by atoms with Crippen LogP contribution in [-0.4, -0.2) is 74.9 Å². The number of piperidine rings is 2. The SMILES string of the molecule is Cc1ccc(C(=O)N2CCC(c3ccc(C#N)cc3)C(C[n+]3ccc(-c4nnc(Nc5cc(C(=O)N6CCC(c7ccc(C#N)cc7)CC6)ccc5C)o4)cc3)C2)cc1NC(=O)NNC(=O)c1ccncc1. The predicted octanol–water partition coefficient (Wildman–Crippen LogP) is 7.96. The molecule has 0 radical (unpaired) electrons. The van der Waals surface area contributed by atoms with E-state index in [0.717, 1.165) is 29.5 Å². The Morgan fingerprint density at radius 3 is 1.93 bits per heavy atom. The third kappa shape index (κ3) is 11.1. The van der Waals surface area contributed by atoms with Gasteiger partial charge in [-0.25, -0.2) is 14.8 Å². The van der Waals surface area contributed by atoms with Gasteiger partial charge in [0.05, 0.1) is 28.8 Å². The van der Waals surface area contributed by atoms with Crippen molar-refractivity contribution in [3.05, 3.63) is 184 Å². The largest absolute Gasteiger partial charge is 0.403 e. The maximum Gasteiger partial charge on any atom is 0.337 e. The van der Waals surface area contributed by atoms with E-state index < -0.39 is 11.9 Å². The zero-order chi connectivity index (χ0) is 50.1. The molecule has 7 aromatic rings. The van der Waals surface area contributed by atoms with Gasteiger partial charge in [-0.2, -0.15) is 10.5 Å². The average Bonchev–Trinajstić information content (AvgIpc) is 3.90. The van der Waals surface area contributed by atoms with Crippen LogP contribution in [0.25, 0.3) is 11.5 Å². The number of carbonyl (C=O) groups excluding carboxylic acids is 4. The van der Waals surface area contributed by atoms with Gasteiger partial charge in [-0.15, -0.1) is 5.10 Å². The maximum atomic E-state index is 14.2. The summed E-state index contributed by atoms with van der Waals surface area (Å²) >= 11 is 0. The first kappa shape index (κ1) is 47.8. The molecule has 0 spiro atoms. The Morgan fingerprint density at radius 2 is 1.28 bits per heavy atom. The fourth-order valence-electron chi connectivity index (χ4n) is 9.38. The number of benzene rings is 4. The molecule has 2 aliphatic rings. The van der Waals surface area contributed by atoms with Crippen LogP contribution < -0.4 is 26.1 Å². The van der Waals surface area contributed by atoms with Gasteiger partial charge in [0.15, 0.2) is 18.9 Å². The number of aromatic nitrogens is 4. The number of pyridine rings is 2. The summed E-state index contributed by atoms with van der Waals surface area (Å²) in [6.45, 7) is 6.54. The van der Waals surface area contributed by atoms with Gasteiger partial charge in [-0.3, -0.25) is 24.8 Å². The Balaban J connectivity index is 0.841. The summed E-state index contributed by atoms with van der Waals surface area (Å²) in [7, 11) is 0. The van der Waals surface area contributed by atoms with E-state index in [1.807, 2.05) is 115 Å². The molecule has 2 unspecified atom stereocenters. The van der Waals surface area contributed by atoms with Gasteiger partial charge in [0.1, 0.15) is 0 Å². The van der Waals surface area contributed by atoms with Crippen LogP contribution in [0.15, 0.2) is 138 Å². The number of nitriles is 2. The van der Waals surface area contributed by atoms with Crippen LogP contribution in [0.3, 0.4) is 0 Å². The van der Waals surface area contributed by atoms with E-state index in [-0.39, 0.29) is 29.7 Å². The van der Waals surface area contributed by atoms with Crippen molar-refractivity contribution < 1.29 is 28.2 Å². The minimum absolute atomic E-state index is 0.0184. The van der Waals surface area contributed by atoms with Crippen molar-refractivity contribution in [3.63, 3.8) is 0 Å². The zero-order valence-electron chi connectivity index (χ0n) is 39.7. The number of hydrazine groups is 1. The van der Waals surface area contributed by atoms with Gasteiger partial charge in [-0.1, -0.05) is 41.5 Å². The van der Waals surface area contributed by atoms with Crippen molar-refractivity contribution in [2.75, 3.05) is 36.8 Å². The summed E-state index contributed by atoms with van der Waals surface area (Å²) in [6.07, 6.45) is 9.21. The standard InChI is InChI=1S/C55H50N12O5/c1-35-3-10-45(29-48(35)59-54(71)63-61-50(68)42-15-22-58-23-16-42)53(70)67-28-21-47(41-13-7-38(32-57)8-14-41)46(34-67)33-65-24-17-43(18-25-65)51-62-64-55(72-51)60-49-30-44(9-4-36(49)2)52(69)66-26-19-40(20-27-66)39-11-5-37(31-56)6-12-39/h3-18,22-25,29-30,40,46-47H,19-21,26-28,33-34H2,1-2H3,(H3,58,59,60,61,62,63,64,68,71)/p+1.